The highest BCUT2D eigenvalue weighted by molar-refractivity contribution is 6.31. The Morgan fingerprint density at radius 2 is 1.94 bits per heavy atom. The van der Waals surface area contributed by atoms with Crippen molar-refractivity contribution in [1.29, 1.82) is 0 Å². The Morgan fingerprint density at radius 1 is 1.12 bits per heavy atom. The molecule has 0 saturated carbocycles. The van der Waals surface area contributed by atoms with Crippen LogP contribution in [0.5, 0.6) is 5.75 Å². The molecule has 84 valence electrons. The zero-order chi connectivity index (χ0) is 11.8. The van der Waals surface area contributed by atoms with E-state index in [4.69, 9.17) is 16.1 Å². The van der Waals surface area contributed by atoms with Gasteiger partial charge in [0.2, 0.25) is 0 Å². The van der Waals surface area contributed by atoms with Gasteiger partial charge in [-0.15, -0.1) is 0 Å². The van der Waals surface area contributed by atoms with Crippen LogP contribution in [0.15, 0.2) is 47.0 Å². The van der Waals surface area contributed by atoms with Crippen LogP contribution in [-0.2, 0) is 0 Å². The number of aromatic hydroxyl groups is 1. The molecule has 3 nitrogen and oxygen atoms in total. The zero-order valence-electron chi connectivity index (χ0n) is 8.72. The third-order valence-corrected chi connectivity index (χ3v) is 2.83. The second-order valence-electron chi connectivity index (χ2n) is 3.69. The summed E-state index contributed by atoms with van der Waals surface area (Å²) in [5.74, 6) is 0.133. The van der Waals surface area contributed by atoms with E-state index in [0.717, 1.165) is 5.39 Å². The van der Waals surface area contributed by atoms with Crippen molar-refractivity contribution in [3.05, 3.63) is 47.5 Å². The molecule has 3 aromatic rings. The van der Waals surface area contributed by atoms with Crippen LogP contribution in [0.2, 0.25) is 5.02 Å². The maximum atomic E-state index is 9.83. The SMILES string of the molecule is Oc1ccc(Cl)cc1-c1noc2ccccc12. The minimum Gasteiger partial charge on any atom is -0.507 e. The summed E-state index contributed by atoms with van der Waals surface area (Å²) in [4.78, 5) is 0. The fourth-order valence-electron chi connectivity index (χ4n) is 1.78. The van der Waals surface area contributed by atoms with E-state index in [1.807, 2.05) is 24.3 Å². The molecule has 0 fully saturated rings. The number of fused-ring (bicyclic) bond motifs is 1. The molecule has 0 unspecified atom stereocenters. The number of hydrogen-bond donors (Lipinski definition) is 1. The number of aromatic nitrogens is 1. The topological polar surface area (TPSA) is 46.3 Å². The van der Waals surface area contributed by atoms with Gasteiger partial charge in [-0.2, -0.15) is 0 Å². The molecular formula is C13H8ClNO2. The van der Waals surface area contributed by atoms with Crippen LogP contribution < -0.4 is 0 Å². The van der Waals surface area contributed by atoms with E-state index in [-0.39, 0.29) is 5.75 Å². The van der Waals surface area contributed by atoms with Crippen LogP contribution >= 0.6 is 11.6 Å². The molecule has 1 aromatic heterocycles. The molecule has 2 aromatic carbocycles. The number of phenols is 1. The van der Waals surface area contributed by atoms with E-state index in [1.165, 1.54) is 0 Å². The van der Waals surface area contributed by atoms with E-state index >= 15 is 0 Å². The van der Waals surface area contributed by atoms with Crippen molar-refractivity contribution in [1.82, 2.24) is 5.16 Å². The van der Waals surface area contributed by atoms with Gasteiger partial charge < -0.3 is 9.63 Å². The number of benzene rings is 2. The Balaban J connectivity index is 2.31. The summed E-state index contributed by atoms with van der Waals surface area (Å²) < 4.78 is 5.19. The van der Waals surface area contributed by atoms with Gasteiger partial charge in [0, 0.05) is 16.0 Å². The lowest BCUT2D eigenvalue weighted by atomic mass is 10.1. The van der Waals surface area contributed by atoms with Crippen molar-refractivity contribution in [2.75, 3.05) is 0 Å². The lowest BCUT2D eigenvalue weighted by molar-refractivity contribution is 0.455. The molecule has 4 heteroatoms. The van der Waals surface area contributed by atoms with Gasteiger partial charge in [-0.05, 0) is 30.3 Å². The van der Waals surface area contributed by atoms with Gasteiger partial charge in [-0.3, -0.25) is 0 Å². The maximum Gasteiger partial charge on any atom is 0.167 e. The fourth-order valence-corrected chi connectivity index (χ4v) is 1.95. The molecule has 0 aliphatic heterocycles. The monoisotopic (exact) mass is 245 g/mol. The van der Waals surface area contributed by atoms with Gasteiger partial charge in [-0.1, -0.05) is 28.9 Å². The molecule has 0 spiro atoms. The summed E-state index contributed by atoms with van der Waals surface area (Å²) in [5, 5.41) is 15.2. The van der Waals surface area contributed by atoms with Crippen molar-refractivity contribution in [2.45, 2.75) is 0 Å². The first kappa shape index (κ1) is 10.2. The molecule has 1 N–H and O–H groups in total. The molecule has 0 radical (unpaired) electrons. The molecule has 0 aliphatic rings. The summed E-state index contributed by atoms with van der Waals surface area (Å²) in [7, 11) is 0. The van der Waals surface area contributed by atoms with E-state index in [1.54, 1.807) is 18.2 Å². The van der Waals surface area contributed by atoms with Crippen LogP contribution in [0.1, 0.15) is 0 Å². The van der Waals surface area contributed by atoms with Crippen LogP contribution in [-0.4, -0.2) is 10.3 Å². The third-order valence-electron chi connectivity index (χ3n) is 2.59. The molecule has 0 aliphatic carbocycles. The average Bonchev–Trinajstić information content (AvgIpc) is 2.76. The lowest BCUT2D eigenvalue weighted by Crippen LogP contribution is -1.80. The summed E-state index contributed by atoms with van der Waals surface area (Å²) in [6, 6.07) is 12.3. The van der Waals surface area contributed by atoms with E-state index in [0.29, 0.717) is 21.9 Å². The van der Waals surface area contributed by atoms with Crippen LogP contribution in [0.25, 0.3) is 22.2 Å². The largest absolute Gasteiger partial charge is 0.507 e. The standard InChI is InChI=1S/C13H8ClNO2/c14-8-5-6-11(16)10(7-8)13-9-3-1-2-4-12(9)17-15-13/h1-7,16H. The predicted octanol–water partition coefficient (Wildman–Crippen LogP) is 3.85. The molecule has 0 bridgehead atoms. The lowest BCUT2D eigenvalue weighted by Gasteiger charge is -2.01. The first-order valence-corrected chi connectivity index (χ1v) is 5.47. The van der Waals surface area contributed by atoms with E-state index in [9.17, 15) is 5.11 Å². The van der Waals surface area contributed by atoms with Gasteiger partial charge in [0.15, 0.2) is 5.58 Å². The Hall–Kier alpha value is -2.00. The molecular weight excluding hydrogens is 238 g/mol. The number of nitrogens with zero attached hydrogens (tertiary/aromatic N) is 1. The van der Waals surface area contributed by atoms with Crippen LogP contribution in [0, 0.1) is 0 Å². The summed E-state index contributed by atoms with van der Waals surface area (Å²) in [6.07, 6.45) is 0. The second-order valence-corrected chi connectivity index (χ2v) is 4.13. The highest BCUT2D eigenvalue weighted by atomic mass is 35.5. The molecule has 0 amide bonds. The minimum atomic E-state index is 0.133. The van der Waals surface area contributed by atoms with Crippen molar-refractivity contribution in [3.8, 4) is 17.0 Å². The van der Waals surface area contributed by atoms with Crippen molar-refractivity contribution < 1.29 is 9.63 Å². The van der Waals surface area contributed by atoms with E-state index in [2.05, 4.69) is 5.16 Å². The first-order valence-electron chi connectivity index (χ1n) is 5.09. The van der Waals surface area contributed by atoms with E-state index < -0.39 is 0 Å². The Morgan fingerprint density at radius 3 is 2.82 bits per heavy atom. The van der Waals surface area contributed by atoms with Crippen molar-refractivity contribution >= 4 is 22.6 Å². The Labute approximate surface area is 102 Å². The third kappa shape index (κ3) is 1.65. The number of halogens is 1. The number of para-hydroxylation sites is 1. The average molecular weight is 246 g/mol. The molecule has 1 heterocycles. The summed E-state index contributed by atoms with van der Waals surface area (Å²) in [6.45, 7) is 0. The summed E-state index contributed by atoms with van der Waals surface area (Å²) in [5.41, 5.74) is 1.85. The number of hydrogen-bond acceptors (Lipinski definition) is 3. The normalized spacial score (nSPS) is 10.9. The maximum absolute atomic E-state index is 9.83. The van der Waals surface area contributed by atoms with Crippen molar-refractivity contribution in [2.24, 2.45) is 0 Å². The van der Waals surface area contributed by atoms with Gasteiger partial charge in [0.25, 0.3) is 0 Å². The van der Waals surface area contributed by atoms with Crippen LogP contribution in [0.4, 0.5) is 0 Å². The first-order chi connectivity index (χ1) is 8.25. The molecule has 0 atom stereocenters. The molecule has 0 saturated heterocycles. The van der Waals surface area contributed by atoms with Crippen LogP contribution in [0.3, 0.4) is 0 Å². The minimum absolute atomic E-state index is 0.133. The molecule has 17 heavy (non-hydrogen) atoms. The molecule has 3 rings (SSSR count). The highest BCUT2D eigenvalue weighted by Crippen LogP contribution is 2.35. The Kier molecular flexibility index (Phi) is 2.27. The van der Waals surface area contributed by atoms with Crippen molar-refractivity contribution in [3.63, 3.8) is 0 Å². The zero-order valence-corrected chi connectivity index (χ0v) is 9.48. The summed E-state index contributed by atoms with van der Waals surface area (Å²) >= 11 is 5.92. The smallest absolute Gasteiger partial charge is 0.167 e. The predicted molar refractivity (Wildman–Crippen MR) is 66.1 cm³/mol. The second kappa shape index (κ2) is 3.79. The van der Waals surface area contributed by atoms with Gasteiger partial charge >= 0.3 is 0 Å². The Bertz CT molecular complexity index is 691. The number of phenolic OH excluding ortho intramolecular Hbond substituents is 1. The quantitative estimate of drug-likeness (QED) is 0.708. The van der Waals surface area contributed by atoms with Gasteiger partial charge in [-0.25, -0.2) is 0 Å². The highest BCUT2D eigenvalue weighted by Gasteiger charge is 2.13. The fraction of sp³-hybridized carbons (Fsp3) is 0. The van der Waals surface area contributed by atoms with Gasteiger partial charge in [0.05, 0.1) is 0 Å². The van der Waals surface area contributed by atoms with Gasteiger partial charge in [0.1, 0.15) is 11.4 Å². The number of rotatable bonds is 1.